The molecule has 166 valence electrons. The fourth-order valence-corrected chi connectivity index (χ4v) is 6.46. The van der Waals surface area contributed by atoms with Gasteiger partial charge in [0.05, 0.1) is 10.3 Å². The van der Waals surface area contributed by atoms with Gasteiger partial charge in [0.25, 0.3) is 0 Å². The molecular formula is C21H29F2N3O3S. The summed E-state index contributed by atoms with van der Waals surface area (Å²) in [5.74, 6) is -1.76. The van der Waals surface area contributed by atoms with Crippen LogP contribution in [0.4, 0.5) is 8.78 Å². The van der Waals surface area contributed by atoms with Gasteiger partial charge in [0.1, 0.15) is 0 Å². The summed E-state index contributed by atoms with van der Waals surface area (Å²) >= 11 is 0. The molecule has 2 saturated heterocycles. The zero-order chi connectivity index (χ0) is 21.5. The maximum Gasteiger partial charge on any atom is 0.243 e. The molecule has 0 bridgehead atoms. The number of amides is 1. The highest BCUT2D eigenvalue weighted by Crippen LogP contribution is 2.46. The van der Waals surface area contributed by atoms with Crippen LogP contribution in [0.15, 0.2) is 23.1 Å². The predicted molar refractivity (Wildman–Crippen MR) is 108 cm³/mol. The molecule has 0 unspecified atom stereocenters. The number of benzene rings is 1. The van der Waals surface area contributed by atoms with Gasteiger partial charge in [0.15, 0.2) is 11.6 Å². The monoisotopic (exact) mass is 441 g/mol. The van der Waals surface area contributed by atoms with E-state index in [1.54, 1.807) is 0 Å². The number of nitrogens with two attached hydrogens (primary N) is 1. The molecule has 0 spiro atoms. The highest BCUT2D eigenvalue weighted by atomic mass is 32.2. The van der Waals surface area contributed by atoms with Gasteiger partial charge in [-0.3, -0.25) is 4.79 Å². The summed E-state index contributed by atoms with van der Waals surface area (Å²) in [6.07, 6.45) is 6.19. The van der Waals surface area contributed by atoms with Crippen molar-refractivity contribution in [1.29, 1.82) is 0 Å². The maximum atomic E-state index is 13.5. The normalized spacial score (nSPS) is 24.1. The lowest BCUT2D eigenvalue weighted by Gasteiger charge is -2.45. The van der Waals surface area contributed by atoms with Gasteiger partial charge >= 0.3 is 0 Å². The summed E-state index contributed by atoms with van der Waals surface area (Å²) in [6, 6.07) is 2.95. The summed E-state index contributed by atoms with van der Waals surface area (Å²) in [4.78, 5) is 14.3. The number of primary amides is 1. The van der Waals surface area contributed by atoms with Crippen LogP contribution in [0.1, 0.15) is 44.9 Å². The third-order valence-corrected chi connectivity index (χ3v) is 9.02. The van der Waals surface area contributed by atoms with Crippen LogP contribution < -0.4 is 5.73 Å². The van der Waals surface area contributed by atoms with E-state index in [0.29, 0.717) is 31.8 Å². The lowest BCUT2D eigenvalue weighted by Crippen LogP contribution is -2.53. The summed E-state index contributed by atoms with van der Waals surface area (Å²) in [7, 11) is -3.84. The molecule has 0 atom stereocenters. The Bertz CT molecular complexity index is 904. The van der Waals surface area contributed by atoms with E-state index in [1.807, 2.05) is 0 Å². The fraction of sp³-hybridized carbons (Fsp3) is 0.667. The Labute approximate surface area is 176 Å². The average molecular weight is 442 g/mol. The number of likely N-dealkylation sites (tertiary alicyclic amines) is 1. The summed E-state index contributed by atoms with van der Waals surface area (Å²) < 4.78 is 53.5. The Morgan fingerprint density at radius 1 is 1.03 bits per heavy atom. The first kappa shape index (κ1) is 21.6. The molecule has 30 heavy (non-hydrogen) atoms. The number of carbonyl (C=O) groups is 1. The lowest BCUT2D eigenvalue weighted by atomic mass is 9.73. The van der Waals surface area contributed by atoms with Crippen molar-refractivity contribution >= 4 is 15.9 Å². The van der Waals surface area contributed by atoms with Gasteiger partial charge < -0.3 is 10.6 Å². The number of halogens is 2. The van der Waals surface area contributed by atoms with Crippen molar-refractivity contribution < 1.29 is 22.0 Å². The van der Waals surface area contributed by atoms with Crippen LogP contribution in [-0.2, 0) is 14.8 Å². The van der Waals surface area contributed by atoms with Crippen molar-refractivity contribution in [1.82, 2.24) is 9.21 Å². The molecule has 0 aromatic heterocycles. The lowest BCUT2D eigenvalue weighted by molar-refractivity contribution is -0.131. The second-order valence-electron chi connectivity index (χ2n) is 9.04. The van der Waals surface area contributed by atoms with Crippen LogP contribution in [0.25, 0.3) is 0 Å². The van der Waals surface area contributed by atoms with Gasteiger partial charge in [-0.1, -0.05) is 12.8 Å². The number of carbonyl (C=O) groups excluding carboxylic acids is 1. The Morgan fingerprint density at radius 2 is 1.67 bits per heavy atom. The molecular weight excluding hydrogens is 412 g/mol. The van der Waals surface area contributed by atoms with Gasteiger partial charge in [-0.15, -0.1) is 0 Å². The zero-order valence-electron chi connectivity index (χ0n) is 17.0. The largest absolute Gasteiger partial charge is 0.369 e. The minimum Gasteiger partial charge on any atom is -0.369 e. The van der Waals surface area contributed by atoms with E-state index in [-0.39, 0.29) is 22.3 Å². The predicted octanol–water partition coefficient (Wildman–Crippen LogP) is 2.49. The first-order chi connectivity index (χ1) is 14.2. The van der Waals surface area contributed by atoms with Gasteiger partial charge in [-0.2, -0.15) is 4.31 Å². The standard InChI is InChI=1S/C21H29F2N3O3S/c22-18-4-3-17(13-19(18)23)30(28,29)26-9-5-16(6-10-26)25-11-7-21(8-12-25,20(24)27)14-15-1-2-15/h3-4,13,15-16H,1-2,5-12,14H2,(H2,24,27). The minimum absolute atomic E-state index is 0.179. The Morgan fingerprint density at radius 3 is 2.20 bits per heavy atom. The number of hydrogen-bond acceptors (Lipinski definition) is 4. The summed E-state index contributed by atoms with van der Waals surface area (Å²) in [6.45, 7) is 2.28. The number of nitrogens with zero attached hydrogens (tertiary/aromatic N) is 2. The van der Waals surface area contributed by atoms with Crippen LogP contribution in [0, 0.1) is 23.0 Å². The van der Waals surface area contributed by atoms with Crippen molar-refractivity contribution in [3.63, 3.8) is 0 Å². The summed E-state index contributed by atoms with van der Waals surface area (Å²) in [5, 5.41) is 0. The van der Waals surface area contributed by atoms with Crippen molar-refractivity contribution in [2.24, 2.45) is 17.1 Å². The summed E-state index contributed by atoms with van der Waals surface area (Å²) in [5.41, 5.74) is 5.38. The van der Waals surface area contributed by atoms with Gasteiger partial charge in [-0.05, 0) is 69.3 Å². The number of piperidine rings is 2. The minimum atomic E-state index is -3.84. The topological polar surface area (TPSA) is 83.7 Å². The van der Waals surface area contributed by atoms with Crippen molar-refractivity contribution in [3.8, 4) is 0 Å². The SMILES string of the molecule is NC(=O)C1(CC2CC2)CCN(C2CCN(S(=O)(=O)c3ccc(F)c(F)c3)CC2)CC1. The second-order valence-corrected chi connectivity index (χ2v) is 11.0. The molecule has 2 aliphatic heterocycles. The Balaban J connectivity index is 1.34. The molecule has 9 heteroatoms. The molecule has 1 aliphatic carbocycles. The molecule has 0 radical (unpaired) electrons. The van der Waals surface area contributed by atoms with Gasteiger partial charge in [-0.25, -0.2) is 17.2 Å². The van der Waals surface area contributed by atoms with Crippen molar-refractivity contribution in [3.05, 3.63) is 29.8 Å². The van der Waals surface area contributed by atoms with E-state index < -0.39 is 21.7 Å². The van der Waals surface area contributed by atoms with Crippen molar-refractivity contribution in [2.75, 3.05) is 26.2 Å². The van der Waals surface area contributed by atoms with E-state index in [0.717, 1.165) is 50.6 Å². The van der Waals surface area contributed by atoms with E-state index in [4.69, 9.17) is 5.73 Å². The van der Waals surface area contributed by atoms with Gasteiger partial charge in [0.2, 0.25) is 15.9 Å². The molecule has 1 amide bonds. The third kappa shape index (κ3) is 4.24. The van der Waals surface area contributed by atoms with Crippen LogP contribution in [0.2, 0.25) is 0 Å². The first-order valence-corrected chi connectivity index (χ1v) is 12.1. The van der Waals surface area contributed by atoms with E-state index in [1.165, 1.54) is 17.1 Å². The molecule has 6 nitrogen and oxygen atoms in total. The molecule has 1 aromatic carbocycles. The average Bonchev–Trinajstić information content (AvgIpc) is 3.54. The highest BCUT2D eigenvalue weighted by molar-refractivity contribution is 7.89. The van der Waals surface area contributed by atoms with E-state index >= 15 is 0 Å². The maximum absolute atomic E-state index is 13.5. The Kier molecular flexibility index (Phi) is 5.89. The highest BCUT2D eigenvalue weighted by Gasteiger charge is 2.45. The van der Waals surface area contributed by atoms with Crippen LogP contribution in [0.3, 0.4) is 0 Å². The molecule has 2 heterocycles. The van der Waals surface area contributed by atoms with E-state index in [9.17, 15) is 22.0 Å². The fourth-order valence-electron chi connectivity index (χ4n) is 4.98. The molecule has 4 rings (SSSR count). The smallest absolute Gasteiger partial charge is 0.243 e. The number of hydrogen-bond donors (Lipinski definition) is 1. The quantitative estimate of drug-likeness (QED) is 0.735. The first-order valence-electron chi connectivity index (χ1n) is 10.7. The number of rotatable bonds is 6. The van der Waals surface area contributed by atoms with Crippen molar-refractivity contribution in [2.45, 2.75) is 55.9 Å². The molecule has 3 aliphatic rings. The zero-order valence-corrected chi connectivity index (χ0v) is 17.8. The van der Waals surface area contributed by atoms with Crippen LogP contribution in [-0.4, -0.2) is 55.8 Å². The molecule has 1 aromatic rings. The molecule has 2 N–H and O–H groups in total. The third-order valence-electron chi connectivity index (χ3n) is 7.12. The molecule has 1 saturated carbocycles. The van der Waals surface area contributed by atoms with E-state index in [2.05, 4.69) is 4.90 Å². The molecule has 3 fully saturated rings. The number of sulfonamides is 1. The van der Waals surface area contributed by atoms with Crippen LogP contribution in [0.5, 0.6) is 0 Å². The van der Waals surface area contributed by atoms with Gasteiger partial charge in [0, 0.05) is 19.1 Å². The Hall–Kier alpha value is -1.58. The van der Waals surface area contributed by atoms with Crippen LogP contribution >= 0.6 is 0 Å². The second kappa shape index (κ2) is 8.16.